The van der Waals surface area contributed by atoms with Crippen molar-refractivity contribution in [3.8, 4) is 0 Å². The number of hydrogen-bond acceptors (Lipinski definition) is 8. The summed E-state index contributed by atoms with van der Waals surface area (Å²) in [6.45, 7) is 0.528. The van der Waals surface area contributed by atoms with Gasteiger partial charge in [0, 0.05) is 24.6 Å². The molecule has 1 fully saturated rings. The zero-order valence-electron chi connectivity index (χ0n) is 18.8. The van der Waals surface area contributed by atoms with Gasteiger partial charge in [-0.15, -0.1) is 0 Å². The number of alkyl halides is 3. The molecule has 1 aromatic carbocycles. The van der Waals surface area contributed by atoms with E-state index in [2.05, 4.69) is 19.9 Å². The molecule has 0 bridgehead atoms. The minimum atomic E-state index is -4.48. The van der Waals surface area contributed by atoms with Crippen LogP contribution < -0.4 is 16.8 Å². The molecule has 0 aliphatic carbocycles. The first-order valence-electron chi connectivity index (χ1n) is 10.7. The molecule has 0 spiro atoms. The largest absolute Gasteiger partial charge is 0.418 e. The predicted octanol–water partition coefficient (Wildman–Crippen LogP) is 3.38. The zero-order chi connectivity index (χ0) is 26.2. The number of amides is 1. The first-order valence-corrected chi connectivity index (χ1v) is 10.7. The number of nitrogens with one attached hydrogen (secondary N) is 1. The lowest BCUT2D eigenvalue weighted by molar-refractivity contribution is -0.115. The van der Waals surface area contributed by atoms with Gasteiger partial charge in [-0.05, 0) is 25.8 Å². The third-order valence-electron chi connectivity index (χ3n) is 5.67. The number of aliphatic imine (C=N–C) groups is 1. The van der Waals surface area contributed by atoms with Crippen LogP contribution in [0, 0.1) is 17.6 Å². The summed E-state index contributed by atoms with van der Waals surface area (Å²) >= 11 is 0. The molecule has 1 amide bonds. The molecule has 36 heavy (non-hydrogen) atoms. The van der Waals surface area contributed by atoms with Gasteiger partial charge in [-0.1, -0.05) is 0 Å². The molecule has 0 saturated carbocycles. The van der Waals surface area contributed by atoms with E-state index in [1.165, 1.54) is 4.90 Å². The van der Waals surface area contributed by atoms with Crippen molar-refractivity contribution in [3.05, 3.63) is 35.7 Å². The molecule has 2 atom stereocenters. The Morgan fingerprint density at radius 2 is 2.03 bits per heavy atom. The number of halogens is 5. The fourth-order valence-corrected chi connectivity index (χ4v) is 3.86. The summed E-state index contributed by atoms with van der Waals surface area (Å²) in [5, 5.41) is 1.94. The van der Waals surface area contributed by atoms with Gasteiger partial charge in [-0.2, -0.15) is 18.2 Å². The van der Waals surface area contributed by atoms with Crippen LogP contribution >= 0.6 is 0 Å². The summed E-state index contributed by atoms with van der Waals surface area (Å²) in [6.07, 6.45) is -2.39. The average molecular weight is 512 g/mol. The van der Waals surface area contributed by atoms with E-state index in [0.29, 0.717) is 18.9 Å². The van der Waals surface area contributed by atoms with Crippen LogP contribution in [-0.4, -0.2) is 56.9 Å². The Hall–Kier alpha value is -4.04. The van der Waals surface area contributed by atoms with Crippen molar-refractivity contribution in [2.24, 2.45) is 16.6 Å². The molecular weight excluding hydrogens is 491 g/mol. The first-order chi connectivity index (χ1) is 16.9. The molecule has 2 aromatic heterocycles. The number of nitrogens with zero attached hydrogens (tertiary/aromatic N) is 5. The molecule has 0 radical (unpaired) electrons. The van der Waals surface area contributed by atoms with E-state index in [9.17, 15) is 26.7 Å². The van der Waals surface area contributed by atoms with Crippen molar-refractivity contribution in [1.82, 2.24) is 19.9 Å². The van der Waals surface area contributed by atoms with Gasteiger partial charge in [0.15, 0.2) is 11.6 Å². The molecular formula is C21H21F5N8O2. The predicted molar refractivity (Wildman–Crippen MR) is 119 cm³/mol. The molecule has 1 saturated heterocycles. The van der Waals surface area contributed by atoms with Gasteiger partial charge < -0.3 is 26.1 Å². The van der Waals surface area contributed by atoms with Crippen LogP contribution in [0.2, 0.25) is 0 Å². The molecule has 15 heteroatoms. The maximum atomic E-state index is 14.2. The number of fused-ring (bicyclic) bond motifs is 1. The molecule has 4 rings (SSSR count). The number of anilines is 2. The van der Waals surface area contributed by atoms with Crippen LogP contribution in [0.3, 0.4) is 0 Å². The first kappa shape index (κ1) is 25.1. The molecule has 0 unspecified atom stereocenters. The van der Waals surface area contributed by atoms with Crippen molar-refractivity contribution < 1.29 is 31.2 Å². The Morgan fingerprint density at radius 1 is 1.28 bits per heavy atom. The summed E-state index contributed by atoms with van der Waals surface area (Å²) in [5.74, 6) is -3.45. The number of rotatable bonds is 5. The van der Waals surface area contributed by atoms with Crippen molar-refractivity contribution in [2.45, 2.75) is 32.0 Å². The van der Waals surface area contributed by atoms with Crippen molar-refractivity contribution in [2.75, 3.05) is 24.1 Å². The highest BCUT2D eigenvalue weighted by Crippen LogP contribution is 2.29. The maximum Gasteiger partial charge on any atom is 0.405 e. The molecule has 192 valence electrons. The Kier molecular flexibility index (Phi) is 6.65. The van der Waals surface area contributed by atoms with Gasteiger partial charge in [0.05, 0.1) is 11.6 Å². The van der Waals surface area contributed by atoms with E-state index in [1.54, 1.807) is 6.92 Å². The smallest absolute Gasteiger partial charge is 0.405 e. The average Bonchev–Trinajstić information content (AvgIpc) is 3.27. The topological polar surface area (TPSA) is 149 Å². The molecule has 3 heterocycles. The lowest BCUT2D eigenvalue weighted by Gasteiger charge is -2.37. The zero-order valence-corrected chi connectivity index (χ0v) is 18.8. The van der Waals surface area contributed by atoms with Gasteiger partial charge in [0.25, 0.3) is 11.9 Å². The number of nitrogen functional groups attached to an aromatic ring is 1. The summed E-state index contributed by atoms with van der Waals surface area (Å²) < 4.78 is 70.3. The third kappa shape index (κ3) is 5.44. The number of nitrogens with two attached hydrogens (primary N) is 2. The highest BCUT2D eigenvalue weighted by atomic mass is 19.4. The number of aromatic nitrogens is 3. The lowest BCUT2D eigenvalue weighted by Crippen LogP contribution is -2.48. The van der Waals surface area contributed by atoms with Crippen LogP contribution in [-0.2, 0) is 0 Å². The molecule has 1 aliphatic rings. The minimum Gasteiger partial charge on any atom is -0.418 e. The van der Waals surface area contributed by atoms with Crippen LogP contribution in [0.1, 0.15) is 30.3 Å². The second-order valence-corrected chi connectivity index (χ2v) is 8.31. The highest BCUT2D eigenvalue weighted by molar-refractivity contribution is 5.95. The Bertz CT molecular complexity index is 1330. The minimum absolute atomic E-state index is 0.0256. The summed E-state index contributed by atoms with van der Waals surface area (Å²) in [7, 11) is 0. The lowest BCUT2D eigenvalue weighted by atomic mass is 9.92. The molecule has 5 N–H and O–H groups in total. The number of benzene rings is 1. The van der Waals surface area contributed by atoms with E-state index < -0.39 is 42.2 Å². The summed E-state index contributed by atoms with van der Waals surface area (Å²) in [6, 6.07) is 0.991. The summed E-state index contributed by atoms with van der Waals surface area (Å²) in [5.41, 5.74) is 11.6. The van der Waals surface area contributed by atoms with E-state index in [1.807, 2.05) is 5.32 Å². The third-order valence-corrected chi connectivity index (χ3v) is 5.67. The van der Waals surface area contributed by atoms with Crippen molar-refractivity contribution in [1.29, 1.82) is 0 Å². The van der Waals surface area contributed by atoms with Crippen molar-refractivity contribution >= 4 is 40.4 Å². The van der Waals surface area contributed by atoms with Crippen molar-refractivity contribution in [3.63, 3.8) is 0 Å². The van der Waals surface area contributed by atoms with Gasteiger partial charge in [-0.25, -0.2) is 23.7 Å². The highest BCUT2D eigenvalue weighted by Gasteiger charge is 2.33. The molecule has 1 aliphatic heterocycles. The van der Waals surface area contributed by atoms with Gasteiger partial charge in [-0.3, -0.25) is 4.79 Å². The Balaban J connectivity index is 1.55. The monoisotopic (exact) mass is 512 g/mol. The normalized spacial score (nSPS) is 19.1. The number of piperidine rings is 1. The molecule has 3 aromatic rings. The number of carbonyl (C=O) groups excluding carboxylic acids is 1. The summed E-state index contributed by atoms with van der Waals surface area (Å²) in [4.78, 5) is 30.1. The molecule has 10 nitrogen and oxygen atoms in total. The maximum absolute atomic E-state index is 14.2. The quantitative estimate of drug-likeness (QED) is 0.268. The van der Waals surface area contributed by atoms with Crippen LogP contribution in [0.4, 0.5) is 39.7 Å². The van der Waals surface area contributed by atoms with Crippen LogP contribution in [0.5, 0.6) is 0 Å². The van der Waals surface area contributed by atoms with E-state index in [-0.39, 0.29) is 46.9 Å². The second kappa shape index (κ2) is 9.54. The van der Waals surface area contributed by atoms with Crippen LogP contribution in [0.25, 0.3) is 10.9 Å². The standard InChI is InChI=1S/C21H21F5N8O2/c1-9-2-3-10(7-34(9)18(35)14-6-29-20(36-14)30-8-21(24,25)26)16(27)32-17-12-4-11(22)5-13(23)15(12)31-19(28)33-17/h4-6,9-10H,2-3,7-8H2,1H3,(H,29,30)(H4,27,28,31,32,33)/t9-,10+/m0/s1. The fraction of sp³-hybridized carbons (Fsp3) is 0.381. The van der Waals surface area contributed by atoms with Crippen LogP contribution in [0.15, 0.2) is 27.7 Å². The van der Waals surface area contributed by atoms with Gasteiger partial charge in [0.2, 0.25) is 11.7 Å². The second-order valence-electron chi connectivity index (χ2n) is 8.31. The van der Waals surface area contributed by atoms with E-state index >= 15 is 0 Å². The number of oxazole rings is 1. The number of likely N-dealkylation sites (tertiary alicyclic amines) is 1. The van der Waals surface area contributed by atoms with E-state index in [4.69, 9.17) is 15.9 Å². The number of amidine groups is 1. The van der Waals surface area contributed by atoms with E-state index in [0.717, 1.165) is 12.3 Å². The van der Waals surface area contributed by atoms with Gasteiger partial charge >= 0.3 is 6.18 Å². The SMILES string of the molecule is C[C@H]1CC[C@@H](C(N)=Nc2nc(N)nc3c(F)cc(F)cc23)CN1C(=O)c1cnc(NCC(F)(F)F)o1. The fourth-order valence-electron chi connectivity index (χ4n) is 3.86. The number of carbonyl (C=O) groups is 1. The Labute approximate surface area is 200 Å². The van der Waals surface area contributed by atoms with Gasteiger partial charge in [0.1, 0.15) is 23.7 Å². The Morgan fingerprint density at radius 3 is 2.75 bits per heavy atom. The number of hydrogen-bond donors (Lipinski definition) is 3.